The molecule has 1 aromatic carbocycles. The van der Waals surface area contributed by atoms with Crippen LogP contribution in [0.15, 0.2) is 41.0 Å². The highest BCUT2D eigenvalue weighted by molar-refractivity contribution is 5.92. The van der Waals surface area contributed by atoms with Crippen LogP contribution in [-0.4, -0.2) is 17.4 Å². The molecule has 4 heteroatoms. The summed E-state index contributed by atoms with van der Waals surface area (Å²) in [4.78, 5) is 14.3. The van der Waals surface area contributed by atoms with Gasteiger partial charge in [-0.3, -0.25) is 4.79 Å². The predicted molar refractivity (Wildman–Crippen MR) is 79.3 cm³/mol. The summed E-state index contributed by atoms with van der Waals surface area (Å²) in [6, 6.07) is 9.41. The van der Waals surface area contributed by atoms with Crippen molar-refractivity contribution in [2.24, 2.45) is 0 Å². The van der Waals surface area contributed by atoms with Crippen molar-refractivity contribution >= 4 is 11.6 Å². The lowest BCUT2D eigenvalue weighted by atomic mass is 10.1. The molecular weight excluding hydrogens is 252 g/mol. The summed E-state index contributed by atoms with van der Waals surface area (Å²) < 4.78 is 5.30. The molecule has 2 N–H and O–H groups in total. The number of carbonyl (C=O) groups is 1. The van der Waals surface area contributed by atoms with Crippen LogP contribution in [0.5, 0.6) is 0 Å². The topological polar surface area (TPSA) is 59.5 Å². The van der Waals surface area contributed by atoms with Gasteiger partial charge in [-0.15, -0.1) is 0 Å². The maximum Gasteiger partial charge on any atom is 0.290 e. The highest BCUT2D eigenvalue weighted by atomic mass is 16.3. The van der Waals surface area contributed by atoms with Crippen LogP contribution in [0.3, 0.4) is 0 Å². The molecule has 0 spiro atoms. The lowest BCUT2D eigenvalue weighted by Gasteiger charge is -2.22. The smallest absolute Gasteiger partial charge is 0.290 e. The third kappa shape index (κ3) is 3.02. The van der Waals surface area contributed by atoms with Crippen LogP contribution in [0.1, 0.15) is 35.0 Å². The number of carbonyl (C=O) groups excluding carboxylic acids is 1. The van der Waals surface area contributed by atoms with Crippen molar-refractivity contribution in [1.29, 1.82) is 0 Å². The number of amides is 1. The van der Waals surface area contributed by atoms with E-state index in [-0.39, 0.29) is 5.91 Å². The zero-order valence-electron chi connectivity index (χ0n) is 11.9. The Morgan fingerprint density at radius 2 is 2.05 bits per heavy atom. The Bertz CT molecular complexity index is 590. The largest absolute Gasteiger partial charge is 0.459 e. The highest BCUT2D eigenvalue weighted by Crippen LogP contribution is 2.18. The van der Waals surface area contributed by atoms with Crippen molar-refractivity contribution in [2.45, 2.75) is 26.8 Å². The molecule has 0 saturated carbocycles. The van der Waals surface area contributed by atoms with Gasteiger partial charge in [0.05, 0.1) is 6.26 Å². The minimum Gasteiger partial charge on any atom is -0.459 e. The average Bonchev–Trinajstić information content (AvgIpc) is 2.86. The summed E-state index contributed by atoms with van der Waals surface area (Å²) in [6.07, 6.45) is 2.43. The first kappa shape index (κ1) is 14.2. The van der Waals surface area contributed by atoms with Gasteiger partial charge in [0.15, 0.2) is 5.76 Å². The van der Waals surface area contributed by atoms with Crippen molar-refractivity contribution in [1.82, 2.24) is 4.90 Å². The summed E-state index contributed by atoms with van der Waals surface area (Å²) in [5.41, 5.74) is 8.47. The van der Waals surface area contributed by atoms with Gasteiger partial charge in [0.2, 0.25) is 0 Å². The minimum atomic E-state index is -0.0856. The number of benzene rings is 1. The Labute approximate surface area is 119 Å². The Balaban J connectivity index is 2.21. The normalized spacial score (nSPS) is 10.5. The number of aryl methyl sites for hydroxylation is 1. The maximum atomic E-state index is 12.5. The number of anilines is 1. The van der Waals surface area contributed by atoms with Crippen molar-refractivity contribution in [3.63, 3.8) is 0 Å². The van der Waals surface area contributed by atoms with Gasteiger partial charge in [-0.1, -0.05) is 25.1 Å². The van der Waals surface area contributed by atoms with Gasteiger partial charge >= 0.3 is 0 Å². The first-order chi connectivity index (χ1) is 9.63. The SMILES string of the molecule is CCCN(Cc1ccccc1N)C(=O)c1occc1C. The minimum absolute atomic E-state index is 0.0856. The third-order valence-electron chi connectivity index (χ3n) is 3.25. The van der Waals surface area contributed by atoms with Gasteiger partial charge in [0, 0.05) is 24.3 Å². The number of hydrogen-bond donors (Lipinski definition) is 1. The number of hydrogen-bond acceptors (Lipinski definition) is 3. The summed E-state index contributed by atoms with van der Waals surface area (Å²) >= 11 is 0. The van der Waals surface area contributed by atoms with E-state index in [1.807, 2.05) is 38.1 Å². The van der Waals surface area contributed by atoms with E-state index >= 15 is 0 Å². The lowest BCUT2D eigenvalue weighted by Crippen LogP contribution is -2.31. The first-order valence-electron chi connectivity index (χ1n) is 6.80. The Morgan fingerprint density at radius 1 is 1.30 bits per heavy atom. The molecule has 4 nitrogen and oxygen atoms in total. The fraction of sp³-hybridized carbons (Fsp3) is 0.312. The van der Waals surface area contributed by atoms with Crippen molar-refractivity contribution in [3.05, 3.63) is 53.5 Å². The van der Waals surface area contributed by atoms with Crippen LogP contribution >= 0.6 is 0 Å². The molecule has 0 bridgehead atoms. The fourth-order valence-corrected chi connectivity index (χ4v) is 2.14. The lowest BCUT2D eigenvalue weighted by molar-refractivity contribution is 0.0710. The monoisotopic (exact) mass is 272 g/mol. The molecule has 0 atom stereocenters. The molecule has 1 amide bonds. The number of nitrogens with two attached hydrogens (primary N) is 1. The molecule has 0 aliphatic carbocycles. The average molecular weight is 272 g/mol. The Morgan fingerprint density at radius 3 is 2.65 bits per heavy atom. The van der Waals surface area contributed by atoms with Gasteiger partial charge in [-0.05, 0) is 31.0 Å². The molecular formula is C16H20N2O2. The summed E-state index contributed by atoms with van der Waals surface area (Å²) in [5.74, 6) is 0.325. The molecule has 0 aliphatic rings. The van der Waals surface area contributed by atoms with Gasteiger partial charge in [-0.2, -0.15) is 0 Å². The van der Waals surface area contributed by atoms with Gasteiger partial charge < -0.3 is 15.1 Å². The van der Waals surface area contributed by atoms with Crippen molar-refractivity contribution in [3.8, 4) is 0 Å². The van der Waals surface area contributed by atoms with Crippen molar-refractivity contribution < 1.29 is 9.21 Å². The number of rotatable bonds is 5. The zero-order chi connectivity index (χ0) is 14.5. The van der Waals surface area contributed by atoms with E-state index in [1.54, 1.807) is 17.2 Å². The van der Waals surface area contributed by atoms with E-state index in [4.69, 9.17) is 10.2 Å². The van der Waals surface area contributed by atoms with E-state index in [0.717, 1.165) is 17.5 Å². The van der Waals surface area contributed by atoms with E-state index in [1.165, 1.54) is 0 Å². The van der Waals surface area contributed by atoms with Crippen LogP contribution in [0.25, 0.3) is 0 Å². The van der Waals surface area contributed by atoms with Crippen LogP contribution < -0.4 is 5.73 Å². The summed E-state index contributed by atoms with van der Waals surface area (Å²) in [7, 11) is 0. The standard InChI is InChI=1S/C16H20N2O2/c1-3-9-18(11-13-6-4-5-7-14(13)17)16(19)15-12(2)8-10-20-15/h4-8,10H,3,9,11,17H2,1-2H3. The summed E-state index contributed by atoms with van der Waals surface area (Å²) in [6.45, 7) is 5.09. The van der Waals surface area contributed by atoms with Gasteiger partial charge in [0.25, 0.3) is 5.91 Å². The van der Waals surface area contributed by atoms with Crippen LogP contribution in [-0.2, 0) is 6.54 Å². The molecule has 0 saturated heterocycles. The third-order valence-corrected chi connectivity index (χ3v) is 3.25. The summed E-state index contributed by atoms with van der Waals surface area (Å²) in [5, 5.41) is 0. The van der Waals surface area contributed by atoms with E-state index < -0.39 is 0 Å². The molecule has 2 rings (SSSR count). The van der Waals surface area contributed by atoms with Crippen LogP contribution in [0.4, 0.5) is 5.69 Å². The first-order valence-corrected chi connectivity index (χ1v) is 6.80. The van der Waals surface area contributed by atoms with E-state index in [9.17, 15) is 4.79 Å². The van der Waals surface area contributed by atoms with E-state index in [2.05, 4.69) is 0 Å². The second kappa shape index (κ2) is 6.28. The van der Waals surface area contributed by atoms with Crippen molar-refractivity contribution in [2.75, 3.05) is 12.3 Å². The molecule has 1 aromatic heterocycles. The quantitative estimate of drug-likeness (QED) is 0.850. The Hall–Kier alpha value is -2.23. The number of nitrogen functional groups attached to an aromatic ring is 1. The zero-order valence-corrected chi connectivity index (χ0v) is 11.9. The fourth-order valence-electron chi connectivity index (χ4n) is 2.14. The molecule has 0 aliphatic heterocycles. The van der Waals surface area contributed by atoms with Gasteiger partial charge in [0.1, 0.15) is 0 Å². The molecule has 2 aromatic rings. The second-order valence-corrected chi connectivity index (χ2v) is 4.86. The molecule has 0 unspecified atom stereocenters. The number of nitrogens with zero attached hydrogens (tertiary/aromatic N) is 1. The molecule has 20 heavy (non-hydrogen) atoms. The Kier molecular flexibility index (Phi) is 4.45. The van der Waals surface area contributed by atoms with E-state index in [0.29, 0.717) is 24.5 Å². The molecule has 0 radical (unpaired) electrons. The molecule has 0 fully saturated rings. The second-order valence-electron chi connectivity index (χ2n) is 4.86. The molecule has 1 heterocycles. The van der Waals surface area contributed by atoms with Crippen LogP contribution in [0, 0.1) is 6.92 Å². The maximum absolute atomic E-state index is 12.5. The number of furan rings is 1. The number of para-hydroxylation sites is 1. The van der Waals surface area contributed by atoms with Gasteiger partial charge in [-0.25, -0.2) is 0 Å². The highest BCUT2D eigenvalue weighted by Gasteiger charge is 2.20. The molecule has 106 valence electrons. The predicted octanol–water partition coefficient (Wildman–Crippen LogP) is 3.22. The van der Waals surface area contributed by atoms with Crippen LogP contribution in [0.2, 0.25) is 0 Å².